The largest absolute Gasteiger partial charge is 0.489 e. The van der Waals surface area contributed by atoms with Crippen LogP contribution >= 0.6 is 15.9 Å². The van der Waals surface area contributed by atoms with Gasteiger partial charge in [-0.05, 0) is 43.4 Å². The van der Waals surface area contributed by atoms with Crippen LogP contribution in [0.5, 0.6) is 5.75 Å². The summed E-state index contributed by atoms with van der Waals surface area (Å²) in [4.78, 5) is 14.5. The number of methoxy groups -OCH3 is 1. The van der Waals surface area contributed by atoms with E-state index in [-0.39, 0.29) is 12.1 Å². The Kier molecular flexibility index (Phi) is 5.63. The van der Waals surface area contributed by atoms with Crippen molar-refractivity contribution in [2.24, 2.45) is 5.92 Å². The van der Waals surface area contributed by atoms with Crippen molar-refractivity contribution in [3.05, 3.63) is 22.7 Å². The van der Waals surface area contributed by atoms with E-state index in [4.69, 9.17) is 9.47 Å². The molecule has 1 heterocycles. The van der Waals surface area contributed by atoms with Crippen molar-refractivity contribution in [1.82, 2.24) is 4.90 Å². The second kappa shape index (κ2) is 7.72. The molecule has 1 saturated heterocycles. The van der Waals surface area contributed by atoms with Crippen LogP contribution in [0.3, 0.4) is 0 Å². The summed E-state index contributed by atoms with van der Waals surface area (Å²) < 4.78 is 11.5. The standard InChI is InChI=1S/C17H23BrN2O4/c1-23-8-9-24-15-5-3-12(18)10-13(15)19-17(22)20-7-6-11-2-4-14(21)16(11)20/h3,5,10-11,14,16,21H,2,4,6-9H2,1H3,(H,19,22)/t11-,14+,16+/m0/s1. The fraction of sp³-hybridized carbons (Fsp3) is 0.588. The topological polar surface area (TPSA) is 71.0 Å². The Morgan fingerprint density at radius 1 is 1.38 bits per heavy atom. The number of amides is 2. The molecule has 7 heteroatoms. The van der Waals surface area contributed by atoms with E-state index in [0.29, 0.717) is 37.1 Å². The number of hydrogen-bond donors (Lipinski definition) is 2. The maximum Gasteiger partial charge on any atom is 0.322 e. The van der Waals surface area contributed by atoms with E-state index in [9.17, 15) is 9.90 Å². The maximum atomic E-state index is 12.7. The lowest BCUT2D eigenvalue weighted by molar-refractivity contribution is 0.101. The first-order chi connectivity index (χ1) is 11.6. The molecule has 2 amide bonds. The van der Waals surface area contributed by atoms with Gasteiger partial charge in [0, 0.05) is 18.1 Å². The molecule has 1 aliphatic carbocycles. The van der Waals surface area contributed by atoms with Crippen molar-refractivity contribution < 1.29 is 19.4 Å². The average Bonchev–Trinajstić information content (AvgIpc) is 3.13. The third kappa shape index (κ3) is 3.68. The molecule has 132 valence electrons. The van der Waals surface area contributed by atoms with E-state index in [1.165, 1.54) is 0 Å². The van der Waals surface area contributed by atoms with E-state index in [2.05, 4.69) is 21.2 Å². The van der Waals surface area contributed by atoms with Crippen LogP contribution in [0.1, 0.15) is 19.3 Å². The summed E-state index contributed by atoms with van der Waals surface area (Å²) in [5, 5.41) is 13.1. The van der Waals surface area contributed by atoms with Crippen LogP contribution in [0.4, 0.5) is 10.5 Å². The Morgan fingerprint density at radius 3 is 3.00 bits per heavy atom. The molecule has 0 radical (unpaired) electrons. The Morgan fingerprint density at radius 2 is 2.21 bits per heavy atom. The molecule has 2 fully saturated rings. The SMILES string of the molecule is COCCOc1ccc(Br)cc1NC(=O)N1CC[C@@H]2CC[C@@H](O)[C@@H]21. The number of anilines is 1. The van der Waals surface area contributed by atoms with E-state index in [1.807, 2.05) is 18.2 Å². The van der Waals surface area contributed by atoms with Crippen molar-refractivity contribution in [1.29, 1.82) is 0 Å². The third-order valence-electron chi connectivity index (χ3n) is 4.80. The average molecular weight is 399 g/mol. The summed E-state index contributed by atoms with van der Waals surface area (Å²) in [6.07, 6.45) is 2.33. The van der Waals surface area contributed by atoms with Gasteiger partial charge in [-0.1, -0.05) is 15.9 Å². The molecular weight excluding hydrogens is 376 g/mol. The summed E-state index contributed by atoms with van der Waals surface area (Å²) in [6, 6.07) is 5.25. The van der Waals surface area contributed by atoms with Gasteiger partial charge in [-0.15, -0.1) is 0 Å². The van der Waals surface area contributed by atoms with Gasteiger partial charge < -0.3 is 24.8 Å². The maximum absolute atomic E-state index is 12.7. The summed E-state index contributed by atoms with van der Waals surface area (Å²) >= 11 is 3.42. The second-order valence-corrected chi connectivity index (χ2v) is 7.21. The molecule has 1 aromatic carbocycles. The summed E-state index contributed by atoms with van der Waals surface area (Å²) in [5.74, 6) is 1.03. The lowest BCUT2D eigenvalue weighted by Gasteiger charge is -2.27. The highest BCUT2D eigenvalue weighted by molar-refractivity contribution is 9.10. The number of aliphatic hydroxyl groups is 1. The van der Waals surface area contributed by atoms with Crippen molar-refractivity contribution in [3.63, 3.8) is 0 Å². The minimum absolute atomic E-state index is 0.0602. The number of nitrogens with zero attached hydrogens (tertiary/aromatic N) is 1. The molecule has 3 atom stereocenters. The summed E-state index contributed by atoms with van der Waals surface area (Å²) in [6.45, 7) is 1.58. The minimum Gasteiger partial charge on any atom is -0.489 e. The molecule has 2 aliphatic rings. The first kappa shape index (κ1) is 17.5. The highest BCUT2D eigenvalue weighted by Gasteiger charge is 2.45. The van der Waals surface area contributed by atoms with Crippen LogP contribution in [-0.2, 0) is 4.74 Å². The van der Waals surface area contributed by atoms with Crippen LogP contribution in [-0.4, -0.2) is 55.1 Å². The van der Waals surface area contributed by atoms with Crippen molar-refractivity contribution in [3.8, 4) is 5.75 Å². The first-order valence-electron chi connectivity index (χ1n) is 8.27. The smallest absolute Gasteiger partial charge is 0.322 e. The molecule has 6 nitrogen and oxygen atoms in total. The minimum atomic E-state index is -0.414. The molecule has 1 saturated carbocycles. The van der Waals surface area contributed by atoms with Gasteiger partial charge in [0.25, 0.3) is 0 Å². The van der Waals surface area contributed by atoms with Crippen LogP contribution in [0.25, 0.3) is 0 Å². The van der Waals surface area contributed by atoms with Gasteiger partial charge in [0.1, 0.15) is 12.4 Å². The molecule has 1 aromatic rings. The Hall–Kier alpha value is -1.31. The predicted octanol–water partition coefficient (Wildman–Crippen LogP) is 2.85. The van der Waals surface area contributed by atoms with Crippen LogP contribution in [0.15, 0.2) is 22.7 Å². The van der Waals surface area contributed by atoms with E-state index < -0.39 is 6.10 Å². The zero-order valence-electron chi connectivity index (χ0n) is 13.7. The van der Waals surface area contributed by atoms with Gasteiger partial charge in [-0.2, -0.15) is 0 Å². The number of likely N-dealkylation sites (tertiary alicyclic amines) is 1. The fourth-order valence-corrected chi connectivity index (χ4v) is 4.02. The number of hydrogen-bond acceptors (Lipinski definition) is 4. The molecular formula is C17H23BrN2O4. The van der Waals surface area contributed by atoms with Gasteiger partial charge in [-0.3, -0.25) is 0 Å². The highest BCUT2D eigenvalue weighted by Crippen LogP contribution is 2.38. The molecule has 0 bridgehead atoms. The monoisotopic (exact) mass is 398 g/mol. The van der Waals surface area contributed by atoms with Crippen molar-refractivity contribution >= 4 is 27.6 Å². The number of nitrogens with one attached hydrogen (secondary N) is 1. The predicted molar refractivity (Wildman–Crippen MR) is 94.4 cm³/mol. The summed E-state index contributed by atoms with van der Waals surface area (Å²) in [7, 11) is 1.62. The number of rotatable bonds is 5. The van der Waals surface area contributed by atoms with E-state index in [0.717, 1.165) is 23.7 Å². The highest BCUT2D eigenvalue weighted by atomic mass is 79.9. The molecule has 24 heavy (non-hydrogen) atoms. The lowest BCUT2D eigenvalue weighted by Crippen LogP contribution is -2.44. The first-order valence-corrected chi connectivity index (χ1v) is 9.06. The number of carbonyl (C=O) groups is 1. The molecule has 1 aliphatic heterocycles. The number of halogens is 1. The van der Waals surface area contributed by atoms with E-state index in [1.54, 1.807) is 12.0 Å². The summed E-state index contributed by atoms with van der Waals surface area (Å²) in [5.41, 5.74) is 0.612. The van der Waals surface area contributed by atoms with Gasteiger partial charge in [0.15, 0.2) is 0 Å². The quantitative estimate of drug-likeness (QED) is 0.748. The molecule has 3 rings (SSSR count). The second-order valence-electron chi connectivity index (χ2n) is 6.29. The number of benzene rings is 1. The van der Waals surface area contributed by atoms with Gasteiger partial charge >= 0.3 is 6.03 Å². The van der Waals surface area contributed by atoms with Gasteiger partial charge in [0.2, 0.25) is 0 Å². The molecule has 2 N–H and O–H groups in total. The normalized spacial score (nSPS) is 25.6. The Balaban J connectivity index is 1.70. The Bertz CT molecular complexity index is 598. The fourth-order valence-electron chi connectivity index (χ4n) is 3.66. The zero-order valence-corrected chi connectivity index (χ0v) is 15.3. The zero-order chi connectivity index (χ0) is 17.1. The van der Waals surface area contributed by atoms with Gasteiger partial charge in [-0.25, -0.2) is 4.79 Å². The molecule has 0 spiro atoms. The molecule has 0 aromatic heterocycles. The number of carbonyl (C=O) groups excluding carboxylic acids is 1. The Labute approximate surface area is 150 Å². The van der Waals surface area contributed by atoms with Gasteiger partial charge in [0.05, 0.1) is 24.4 Å². The number of aliphatic hydroxyl groups excluding tert-OH is 1. The van der Waals surface area contributed by atoms with Crippen LogP contribution in [0, 0.1) is 5.92 Å². The van der Waals surface area contributed by atoms with E-state index >= 15 is 0 Å². The third-order valence-corrected chi connectivity index (χ3v) is 5.29. The molecule has 0 unspecified atom stereocenters. The number of urea groups is 1. The number of fused-ring (bicyclic) bond motifs is 1. The number of ether oxygens (including phenoxy) is 2. The van der Waals surface area contributed by atoms with Crippen molar-refractivity contribution in [2.75, 3.05) is 32.2 Å². The lowest BCUT2D eigenvalue weighted by atomic mass is 10.0. The van der Waals surface area contributed by atoms with Crippen LogP contribution < -0.4 is 10.1 Å². The van der Waals surface area contributed by atoms with Crippen molar-refractivity contribution in [2.45, 2.75) is 31.4 Å². The van der Waals surface area contributed by atoms with Crippen LogP contribution in [0.2, 0.25) is 0 Å².